The Hall–Kier alpha value is -2.69. The van der Waals surface area contributed by atoms with Gasteiger partial charge in [-0.3, -0.25) is 4.79 Å². The second kappa shape index (κ2) is 8.33. The zero-order chi connectivity index (χ0) is 18.5. The van der Waals surface area contributed by atoms with Crippen molar-refractivity contribution in [2.75, 3.05) is 36.5 Å². The van der Waals surface area contributed by atoms with Crippen LogP contribution in [0.15, 0.2) is 48.5 Å². The van der Waals surface area contributed by atoms with Crippen molar-refractivity contribution >= 4 is 17.3 Å². The molecule has 4 rings (SSSR count). The van der Waals surface area contributed by atoms with Crippen LogP contribution in [-0.4, -0.2) is 32.1 Å². The normalized spacial score (nSPS) is 19.0. The maximum absolute atomic E-state index is 12.6. The minimum absolute atomic E-state index is 0.00477. The van der Waals surface area contributed by atoms with Crippen LogP contribution in [0.1, 0.15) is 37.3 Å². The summed E-state index contributed by atoms with van der Waals surface area (Å²) in [6, 6.07) is 16.2. The first-order valence-corrected chi connectivity index (χ1v) is 9.90. The molecule has 142 valence electrons. The van der Waals surface area contributed by atoms with Crippen molar-refractivity contribution in [3.05, 3.63) is 54.1 Å². The molecule has 1 saturated heterocycles. The third kappa shape index (κ3) is 4.18. The first-order valence-electron chi connectivity index (χ1n) is 9.90. The van der Waals surface area contributed by atoms with Gasteiger partial charge in [-0.15, -0.1) is 0 Å². The van der Waals surface area contributed by atoms with Crippen molar-refractivity contribution in [3.63, 3.8) is 0 Å². The third-order valence-corrected chi connectivity index (χ3v) is 5.33. The Bertz CT molecular complexity index is 787. The van der Waals surface area contributed by atoms with E-state index in [0.717, 1.165) is 36.5 Å². The second-order valence-electron chi connectivity index (χ2n) is 7.21. The lowest BCUT2D eigenvalue weighted by atomic mass is 10.0. The van der Waals surface area contributed by atoms with Crippen molar-refractivity contribution in [3.8, 4) is 5.75 Å². The number of anilines is 2. The molecule has 1 amide bonds. The highest BCUT2D eigenvalue weighted by atomic mass is 16.5. The van der Waals surface area contributed by atoms with Crippen molar-refractivity contribution in [1.29, 1.82) is 0 Å². The van der Waals surface area contributed by atoms with Crippen LogP contribution in [0.25, 0.3) is 0 Å². The molecule has 0 saturated carbocycles. The van der Waals surface area contributed by atoms with E-state index < -0.39 is 0 Å². The number of hydrogen-bond donors (Lipinski definition) is 2. The summed E-state index contributed by atoms with van der Waals surface area (Å²) in [6.45, 7) is 3.07. The Kier molecular flexibility index (Phi) is 5.47. The van der Waals surface area contributed by atoms with Gasteiger partial charge in [0.25, 0.3) is 0 Å². The average molecular weight is 365 g/mol. The lowest BCUT2D eigenvalue weighted by Crippen LogP contribution is -2.36. The fourth-order valence-electron chi connectivity index (χ4n) is 3.95. The molecule has 2 heterocycles. The van der Waals surface area contributed by atoms with Gasteiger partial charge in [-0.25, -0.2) is 0 Å². The predicted molar refractivity (Wildman–Crippen MR) is 108 cm³/mol. The van der Waals surface area contributed by atoms with Gasteiger partial charge in [-0.05, 0) is 37.5 Å². The van der Waals surface area contributed by atoms with Crippen LogP contribution in [0, 0.1) is 0 Å². The number of piperidine rings is 1. The second-order valence-corrected chi connectivity index (χ2v) is 7.21. The number of para-hydroxylation sites is 3. The van der Waals surface area contributed by atoms with Crippen LogP contribution in [0.4, 0.5) is 11.4 Å². The number of carbonyl (C=O) groups is 1. The zero-order valence-electron chi connectivity index (χ0n) is 15.6. The molecular weight excluding hydrogens is 338 g/mol. The number of amides is 1. The molecule has 0 spiro atoms. The third-order valence-electron chi connectivity index (χ3n) is 5.33. The minimum atomic E-state index is 0.00477. The van der Waals surface area contributed by atoms with Crippen molar-refractivity contribution in [2.24, 2.45) is 0 Å². The molecule has 2 aliphatic rings. The molecule has 2 aromatic carbocycles. The van der Waals surface area contributed by atoms with E-state index in [9.17, 15) is 4.79 Å². The Morgan fingerprint density at radius 3 is 2.70 bits per heavy atom. The zero-order valence-corrected chi connectivity index (χ0v) is 15.6. The standard InChI is InChI=1S/C22H27N3O2/c26-22(24-18-12-15-27-21-11-5-2-8-17(18)21)16-23-19-9-3-4-10-20(19)25-13-6-1-7-14-25/h2-5,8-11,18,23H,1,6-7,12-16H2,(H,24,26). The van der Waals surface area contributed by atoms with Crippen LogP contribution in [-0.2, 0) is 4.79 Å². The maximum atomic E-state index is 12.6. The summed E-state index contributed by atoms with van der Waals surface area (Å²) >= 11 is 0. The minimum Gasteiger partial charge on any atom is -0.493 e. The summed E-state index contributed by atoms with van der Waals surface area (Å²) in [4.78, 5) is 15.0. The van der Waals surface area contributed by atoms with E-state index in [2.05, 4.69) is 33.7 Å². The molecule has 2 aromatic rings. The molecule has 0 bridgehead atoms. The first kappa shape index (κ1) is 17.7. The summed E-state index contributed by atoms with van der Waals surface area (Å²) in [5, 5.41) is 6.49. The molecule has 1 unspecified atom stereocenters. The van der Waals surface area contributed by atoms with E-state index in [0.29, 0.717) is 6.61 Å². The number of hydrogen-bond acceptors (Lipinski definition) is 4. The SMILES string of the molecule is O=C(CNc1ccccc1N1CCCCC1)NC1CCOc2ccccc21. The number of nitrogens with one attached hydrogen (secondary N) is 2. The number of carbonyl (C=O) groups excluding carboxylic acids is 1. The Balaban J connectivity index is 1.38. The lowest BCUT2D eigenvalue weighted by molar-refractivity contribution is -0.120. The smallest absolute Gasteiger partial charge is 0.239 e. The largest absolute Gasteiger partial charge is 0.493 e. The fraction of sp³-hybridized carbons (Fsp3) is 0.409. The molecule has 5 heteroatoms. The van der Waals surface area contributed by atoms with Gasteiger partial charge < -0.3 is 20.3 Å². The van der Waals surface area contributed by atoms with Gasteiger partial charge in [0.1, 0.15) is 5.75 Å². The van der Waals surface area contributed by atoms with Crippen molar-refractivity contribution in [1.82, 2.24) is 5.32 Å². The Morgan fingerprint density at radius 2 is 1.81 bits per heavy atom. The van der Waals surface area contributed by atoms with Crippen LogP contribution in [0.3, 0.4) is 0 Å². The lowest BCUT2D eigenvalue weighted by Gasteiger charge is -2.31. The van der Waals surface area contributed by atoms with E-state index in [1.54, 1.807) is 0 Å². The molecule has 5 nitrogen and oxygen atoms in total. The number of benzene rings is 2. The molecule has 27 heavy (non-hydrogen) atoms. The summed E-state index contributed by atoms with van der Waals surface area (Å²) in [5.41, 5.74) is 3.29. The Labute approximate surface area is 160 Å². The topological polar surface area (TPSA) is 53.6 Å². The van der Waals surface area contributed by atoms with Gasteiger partial charge in [0.2, 0.25) is 5.91 Å². The van der Waals surface area contributed by atoms with Gasteiger partial charge in [0.15, 0.2) is 0 Å². The number of ether oxygens (including phenoxy) is 1. The van der Waals surface area contributed by atoms with Crippen LogP contribution < -0.4 is 20.3 Å². The molecular formula is C22H27N3O2. The molecule has 0 aliphatic carbocycles. The van der Waals surface area contributed by atoms with Crippen molar-refractivity contribution in [2.45, 2.75) is 31.7 Å². The van der Waals surface area contributed by atoms with E-state index in [1.165, 1.54) is 24.9 Å². The Morgan fingerprint density at radius 1 is 1.04 bits per heavy atom. The molecule has 0 aromatic heterocycles. The van der Waals surface area contributed by atoms with Crippen LogP contribution >= 0.6 is 0 Å². The molecule has 2 N–H and O–H groups in total. The van der Waals surface area contributed by atoms with Gasteiger partial charge >= 0.3 is 0 Å². The monoisotopic (exact) mass is 365 g/mol. The molecule has 1 fully saturated rings. The summed E-state index contributed by atoms with van der Waals surface area (Å²) in [6.07, 6.45) is 4.57. The number of nitrogens with zero attached hydrogens (tertiary/aromatic N) is 1. The van der Waals surface area contributed by atoms with Crippen molar-refractivity contribution < 1.29 is 9.53 Å². The van der Waals surface area contributed by atoms with E-state index in [-0.39, 0.29) is 18.5 Å². The van der Waals surface area contributed by atoms with Gasteiger partial charge in [0.05, 0.1) is 30.6 Å². The highest BCUT2D eigenvalue weighted by Gasteiger charge is 2.22. The van der Waals surface area contributed by atoms with Gasteiger partial charge in [-0.1, -0.05) is 30.3 Å². The molecule has 1 atom stereocenters. The van der Waals surface area contributed by atoms with Gasteiger partial charge in [-0.2, -0.15) is 0 Å². The van der Waals surface area contributed by atoms with Crippen LogP contribution in [0.2, 0.25) is 0 Å². The average Bonchev–Trinajstić information content (AvgIpc) is 2.73. The number of rotatable bonds is 5. The first-order chi connectivity index (χ1) is 13.3. The highest BCUT2D eigenvalue weighted by molar-refractivity contribution is 5.83. The summed E-state index contributed by atoms with van der Waals surface area (Å²) in [5.74, 6) is 0.877. The van der Waals surface area contributed by atoms with E-state index >= 15 is 0 Å². The fourth-order valence-corrected chi connectivity index (χ4v) is 3.95. The quantitative estimate of drug-likeness (QED) is 0.848. The predicted octanol–water partition coefficient (Wildman–Crippen LogP) is 3.73. The molecule has 0 radical (unpaired) electrons. The summed E-state index contributed by atoms with van der Waals surface area (Å²) in [7, 11) is 0. The van der Waals surface area contributed by atoms with E-state index in [1.807, 2.05) is 30.3 Å². The van der Waals surface area contributed by atoms with Gasteiger partial charge in [0, 0.05) is 25.1 Å². The summed E-state index contributed by atoms with van der Waals surface area (Å²) < 4.78 is 5.68. The highest BCUT2D eigenvalue weighted by Crippen LogP contribution is 2.31. The van der Waals surface area contributed by atoms with E-state index in [4.69, 9.17) is 4.74 Å². The molecule has 2 aliphatic heterocycles. The van der Waals surface area contributed by atoms with Crippen LogP contribution in [0.5, 0.6) is 5.75 Å². The number of fused-ring (bicyclic) bond motifs is 1. The maximum Gasteiger partial charge on any atom is 0.239 e.